The number of carbonyl (C=O) groups is 1. The molecule has 4 unspecified atom stereocenters. The van der Waals surface area contributed by atoms with E-state index in [1.165, 1.54) is 141 Å². The molecule has 4 atom stereocenters. The van der Waals surface area contributed by atoms with E-state index in [0.717, 1.165) is 38.5 Å². The second kappa shape index (κ2) is 35.4. The van der Waals surface area contributed by atoms with Crippen molar-refractivity contribution in [3.8, 4) is 0 Å². The van der Waals surface area contributed by atoms with E-state index in [4.69, 9.17) is 0 Å². The van der Waals surface area contributed by atoms with Crippen LogP contribution >= 0.6 is 0 Å². The molecule has 0 aromatic heterocycles. The van der Waals surface area contributed by atoms with Gasteiger partial charge in [-0.05, 0) is 38.5 Å². The second-order valence-corrected chi connectivity index (χ2v) is 14.0. The summed E-state index contributed by atoms with van der Waals surface area (Å²) in [6, 6.07) is -0.995. The van der Waals surface area contributed by atoms with Gasteiger partial charge in [-0.2, -0.15) is 0 Å². The molecule has 0 aromatic carbocycles. The first kappa shape index (κ1) is 45.0. The second-order valence-electron chi connectivity index (χ2n) is 14.0. The zero-order valence-corrected chi connectivity index (χ0v) is 30.6. The van der Waals surface area contributed by atoms with Crippen molar-refractivity contribution in [1.29, 1.82) is 0 Å². The molecule has 46 heavy (non-hydrogen) atoms. The van der Waals surface area contributed by atoms with E-state index >= 15 is 0 Å². The van der Waals surface area contributed by atoms with Crippen LogP contribution in [-0.2, 0) is 4.79 Å². The average Bonchev–Trinajstić information content (AvgIpc) is 3.06. The van der Waals surface area contributed by atoms with E-state index in [0.29, 0.717) is 12.8 Å². The number of aliphatic hydroxyl groups is 4. The third kappa shape index (κ3) is 29.2. The maximum absolute atomic E-state index is 12.4. The minimum Gasteiger partial charge on any atom is -0.394 e. The quantitative estimate of drug-likeness (QED) is 0.0342. The van der Waals surface area contributed by atoms with E-state index < -0.39 is 36.9 Å². The number of hydrogen-bond donors (Lipinski definition) is 5. The summed E-state index contributed by atoms with van der Waals surface area (Å²) in [6.45, 7) is 4.00. The molecule has 0 aromatic rings. The molecule has 0 aliphatic heterocycles. The molecule has 0 fully saturated rings. The standard InChI is InChI=1S/C40H79NO5/c1-3-5-7-9-11-13-14-15-16-17-18-19-20-21-22-23-24-26-27-29-31-33-37(43)39(45)36(35-42)41-40(46)38(44)34-32-30-28-25-12-10-8-6-4-2/h26-27,36-39,42-45H,3-25,28-35H2,1-2H3,(H,41,46)/b27-26+. The summed E-state index contributed by atoms with van der Waals surface area (Å²) < 4.78 is 0. The summed E-state index contributed by atoms with van der Waals surface area (Å²) in [7, 11) is 0. The van der Waals surface area contributed by atoms with Crippen LogP contribution in [0.3, 0.4) is 0 Å². The molecular weight excluding hydrogens is 574 g/mol. The Labute approximate surface area is 285 Å². The zero-order chi connectivity index (χ0) is 33.9. The van der Waals surface area contributed by atoms with E-state index in [1.54, 1.807) is 0 Å². The van der Waals surface area contributed by atoms with Gasteiger partial charge >= 0.3 is 0 Å². The van der Waals surface area contributed by atoms with Crippen LogP contribution in [0.15, 0.2) is 12.2 Å². The Kier molecular flexibility index (Phi) is 34.6. The van der Waals surface area contributed by atoms with Crippen LogP contribution in [0.4, 0.5) is 0 Å². The van der Waals surface area contributed by atoms with Crippen LogP contribution in [0.25, 0.3) is 0 Å². The minimum atomic E-state index is -1.28. The lowest BCUT2D eigenvalue weighted by Gasteiger charge is -2.27. The van der Waals surface area contributed by atoms with Crippen molar-refractivity contribution in [2.24, 2.45) is 0 Å². The summed E-state index contributed by atoms with van der Waals surface area (Å²) in [5, 5.41) is 43.4. The molecule has 0 heterocycles. The van der Waals surface area contributed by atoms with Crippen LogP contribution in [0.5, 0.6) is 0 Å². The number of unbranched alkanes of at least 4 members (excludes halogenated alkanes) is 25. The summed E-state index contributed by atoms with van der Waals surface area (Å²) in [6.07, 6.45) is 36.8. The number of rotatable bonds is 36. The molecule has 0 aliphatic carbocycles. The number of hydrogen-bond acceptors (Lipinski definition) is 5. The third-order valence-electron chi connectivity index (χ3n) is 9.48. The highest BCUT2D eigenvalue weighted by Crippen LogP contribution is 2.15. The van der Waals surface area contributed by atoms with Crippen molar-refractivity contribution >= 4 is 5.91 Å². The normalized spacial score (nSPS) is 14.5. The summed E-state index contributed by atoms with van der Waals surface area (Å²) in [4.78, 5) is 12.4. The lowest BCUT2D eigenvalue weighted by Crippen LogP contribution is -2.53. The van der Waals surface area contributed by atoms with Gasteiger partial charge in [-0.3, -0.25) is 4.79 Å². The van der Waals surface area contributed by atoms with Gasteiger partial charge in [0, 0.05) is 0 Å². The summed E-state index contributed by atoms with van der Waals surface area (Å²) >= 11 is 0. The Morgan fingerprint density at radius 1 is 0.522 bits per heavy atom. The monoisotopic (exact) mass is 654 g/mol. The van der Waals surface area contributed by atoms with Crippen LogP contribution in [0, 0.1) is 0 Å². The highest BCUT2D eigenvalue weighted by molar-refractivity contribution is 5.80. The molecule has 0 rings (SSSR count). The van der Waals surface area contributed by atoms with Crippen LogP contribution in [0.1, 0.15) is 206 Å². The fourth-order valence-electron chi connectivity index (χ4n) is 6.23. The number of aliphatic hydroxyl groups excluding tert-OH is 4. The van der Waals surface area contributed by atoms with Gasteiger partial charge in [0.15, 0.2) is 0 Å². The minimum absolute atomic E-state index is 0.365. The molecule has 6 heteroatoms. The van der Waals surface area contributed by atoms with E-state index in [2.05, 4.69) is 31.3 Å². The molecule has 1 amide bonds. The zero-order valence-electron chi connectivity index (χ0n) is 30.6. The van der Waals surface area contributed by atoms with E-state index in [9.17, 15) is 25.2 Å². The molecule has 0 aliphatic rings. The fourth-order valence-corrected chi connectivity index (χ4v) is 6.23. The first-order valence-corrected chi connectivity index (χ1v) is 20.1. The molecule has 0 radical (unpaired) electrons. The summed E-state index contributed by atoms with van der Waals surface area (Å²) in [5.74, 6) is -0.595. The molecule has 0 spiro atoms. The van der Waals surface area contributed by atoms with Crippen molar-refractivity contribution in [2.45, 2.75) is 231 Å². The number of amides is 1. The van der Waals surface area contributed by atoms with Crippen LogP contribution in [-0.4, -0.2) is 57.3 Å². The predicted molar refractivity (Wildman–Crippen MR) is 196 cm³/mol. The van der Waals surface area contributed by atoms with Gasteiger partial charge in [-0.15, -0.1) is 0 Å². The summed E-state index contributed by atoms with van der Waals surface area (Å²) in [5.41, 5.74) is 0. The molecule has 5 N–H and O–H groups in total. The highest BCUT2D eigenvalue weighted by Gasteiger charge is 2.28. The van der Waals surface area contributed by atoms with Gasteiger partial charge < -0.3 is 25.7 Å². The Morgan fingerprint density at radius 3 is 1.30 bits per heavy atom. The van der Waals surface area contributed by atoms with Crippen molar-refractivity contribution in [1.82, 2.24) is 5.32 Å². The van der Waals surface area contributed by atoms with Gasteiger partial charge in [-0.1, -0.05) is 180 Å². The first-order chi connectivity index (χ1) is 22.5. The lowest BCUT2D eigenvalue weighted by atomic mass is 10.00. The maximum Gasteiger partial charge on any atom is 0.249 e. The molecule has 0 saturated heterocycles. The Balaban J connectivity index is 3.74. The van der Waals surface area contributed by atoms with Gasteiger partial charge in [0.1, 0.15) is 12.2 Å². The topological polar surface area (TPSA) is 110 Å². The molecule has 0 saturated carbocycles. The van der Waals surface area contributed by atoms with Crippen LogP contribution in [0.2, 0.25) is 0 Å². The Bertz CT molecular complexity index is 658. The largest absolute Gasteiger partial charge is 0.394 e. The maximum atomic E-state index is 12.4. The van der Waals surface area contributed by atoms with Gasteiger partial charge in [-0.25, -0.2) is 0 Å². The van der Waals surface area contributed by atoms with Crippen molar-refractivity contribution < 1.29 is 25.2 Å². The van der Waals surface area contributed by atoms with Crippen molar-refractivity contribution in [3.05, 3.63) is 12.2 Å². The van der Waals surface area contributed by atoms with Gasteiger partial charge in [0.05, 0.1) is 18.8 Å². The van der Waals surface area contributed by atoms with Gasteiger partial charge in [0.25, 0.3) is 0 Å². The molecule has 6 nitrogen and oxygen atoms in total. The highest BCUT2D eigenvalue weighted by atomic mass is 16.3. The van der Waals surface area contributed by atoms with Crippen LogP contribution < -0.4 is 5.32 Å². The van der Waals surface area contributed by atoms with E-state index in [-0.39, 0.29) is 0 Å². The van der Waals surface area contributed by atoms with Crippen molar-refractivity contribution in [2.75, 3.05) is 6.61 Å². The lowest BCUT2D eigenvalue weighted by molar-refractivity contribution is -0.132. The Hall–Kier alpha value is -0.950. The molecular formula is C40H79NO5. The third-order valence-corrected chi connectivity index (χ3v) is 9.48. The number of allylic oxidation sites excluding steroid dienone is 2. The number of carbonyl (C=O) groups excluding carboxylic acids is 1. The SMILES string of the molecule is CCCCCCCCCCCCCCCCCC/C=C/CCCC(O)C(O)C(CO)NC(=O)C(O)CCCCCCCCCCC. The number of nitrogens with one attached hydrogen (secondary N) is 1. The first-order valence-electron chi connectivity index (χ1n) is 20.1. The van der Waals surface area contributed by atoms with Crippen molar-refractivity contribution in [3.63, 3.8) is 0 Å². The molecule has 274 valence electrons. The average molecular weight is 654 g/mol. The Morgan fingerprint density at radius 2 is 0.891 bits per heavy atom. The van der Waals surface area contributed by atoms with E-state index in [1.807, 2.05) is 0 Å². The van der Waals surface area contributed by atoms with Gasteiger partial charge in [0.2, 0.25) is 5.91 Å². The molecule has 0 bridgehead atoms. The fraction of sp³-hybridized carbons (Fsp3) is 0.925. The smallest absolute Gasteiger partial charge is 0.249 e. The predicted octanol–water partition coefficient (Wildman–Crippen LogP) is 9.85.